The molecule has 3 rings (SSSR count). The standard InChI is InChI=1S/C15H18N4O2/c1-15(2,3)21-14(20)18-8-9-19-13(18)11(10-17-19)12-6-4-5-7-16-12/h4-7,10H,8-9H2,1-3H3. The summed E-state index contributed by atoms with van der Waals surface area (Å²) in [6.45, 7) is 6.81. The smallest absolute Gasteiger partial charge is 0.416 e. The van der Waals surface area contributed by atoms with Gasteiger partial charge in [-0.05, 0) is 32.9 Å². The average Bonchev–Trinajstić information content (AvgIpc) is 2.98. The van der Waals surface area contributed by atoms with Gasteiger partial charge in [0.2, 0.25) is 0 Å². The van der Waals surface area contributed by atoms with Gasteiger partial charge in [0, 0.05) is 6.20 Å². The predicted octanol–water partition coefficient (Wildman–Crippen LogP) is 2.70. The molecule has 1 aliphatic rings. The molecule has 0 saturated carbocycles. The number of aromatic nitrogens is 3. The Labute approximate surface area is 123 Å². The van der Waals surface area contributed by atoms with Crippen LogP contribution >= 0.6 is 0 Å². The van der Waals surface area contributed by atoms with Gasteiger partial charge in [0.15, 0.2) is 0 Å². The summed E-state index contributed by atoms with van der Waals surface area (Å²) in [7, 11) is 0. The van der Waals surface area contributed by atoms with Crippen molar-refractivity contribution in [3.8, 4) is 11.3 Å². The molecule has 0 unspecified atom stereocenters. The van der Waals surface area contributed by atoms with E-state index in [0.717, 1.165) is 17.1 Å². The van der Waals surface area contributed by atoms with Crippen LogP contribution in [-0.2, 0) is 11.3 Å². The molecule has 21 heavy (non-hydrogen) atoms. The number of fused-ring (bicyclic) bond motifs is 1. The number of hydrogen-bond acceptors (Lipinski definition) is 4. The molecule has 110 valence electrons. The maximum atomic E-state index is 12.3. The fourth-order valence-electron chi connectivity index (χ4n) is 2.33. The number of hydrogen-bond donors (Lipinski definition) is 0. The van der Waals surface area contributed by atoms with Gasteiger partial charge in [-0.1, -0.05) is 6.07 Å². The summed E-state index contributed by atoms with van der Waals surface area (Å²) in [4.78, 5) is 18.3. The third-order valence-electron chi connectivity index (χ3n) is 3.16. The van der Waals surface area contributed by atoms with E-state index in [1.807, 2.05) is 43.7 Å². The van der Waals surface area contributed by atoms with E-state index >= 15 is 0 Å². The van der Waals surface area contributed by atoms with Crippen molar-refractivity contribution in [2.75, 3.05) is 11.4 Å². The van der Waals surface area contributed by atoms with Crippen molar-refractivity contribution < 1.29 is 9.53 Å². The van der Waals surface area contributed by atoms with E-state index in [2.05, 4.69) is 10.1 Å². The first-order valence-electron chi connectivity index (χ1n) is 6.93. The SMILES string of the molecule is CC(C)(C)OC(=O)N1CCn2ncc(-c3ccccn3)c21. The third kappa shape index (κ3) is 2.61. The molecule has 1 aliphatic heterocycles. The molecule has 6 nitrogen and oxygen atoms in total. The number of amides is 1. The van der Waals surface area contributed by atoms with Crippen LogP contribution in [0.1, 0.15) is 20.8 Å². The number of anilines is 1. The molecular formula is C15H18N4O2. The largest absolute Gasteiger partial charge is 0.443 e. The summed E-state index contributed by atoms with van der Waals surface area (Å²) in [5.74, 6) is 0.753. The van der Waals surface area contributed by atoms with Gasteiger partial charge in [0.25, 0.3) is 0 Å². The molecule has 0 fully saturated rings. The Morgan fingerprint density at radius 2 is 2.10 bits per heavy atom. The normalized spacial score (nSPS) is 14.1. The number of pyridine rings is 1. The van der Waals surface area contributed by atoms with Crippen LogP contribution in [0.15, 0.2) is 30.6 Å². The van der Waals surface area contributed by atoms with Crippen LogP contribution in [0.3, 0.4) is 0 Å². The summed E-state index contributed by atoms with van der Waals surface area (Å²) < 4.78 is 7.28. The second-order valence-corrected chi connectivity index (χ2v) is 5.95. The zero-order valence-corrected chi connectivity index (χ0v) is 12.4. The van der Waals surface area contributed by atoms with Crippen molar-refractivity contribution in [2.45, 2.75) is 32.9 Å². The molecule has 0 bridgehead atoms. The third-order valence-corrected chi connectivity index (χ3v) is 3.16. The number of ether oxygens (including phenoxy) is 1. The van der Waals surface area contributed by atoms with Crippen LogP contribution in [-0.4, -0.2) is 33.0 Å². The van der Waals surface area contributed by atoms with Gasteiger partial charge in [-0.15, -0.1) is 0 Å². The predicted molar refractivity (Wildman–Crippen MR) is 79.0 cm³/mol. The molecule has 0 radical (unpaired) electrons. The second kappa shape index (κ2) is 4.87. The molecule has 0 aliphatic carbocycles. The molecule has 1 amide bonds. The van der Waals surface area contributed by atoms with Crippen LogP contribution in [0.4, 0.5) is 10.6 Å². The second-order valence-electron chi connectivity index (χ2n) is 5.95. The molecule has 0 spiro atoms. The zero-order chi connectivity index (χ0) is 15.0. The highest BCUT2D eigenvalue weighted by atomic mass is 16.6. The van der Waals surface area contributed by atoms with Gasteiger partial charge >= 0.3 is 6.09 Å². The molecule has 0 atom stereocenters. The molecular weight excluding hydrogens is 268 g/mol. The monoisotopic (exact) mass is 286 g/mol. The molecule has 2 aromatic rings. The lowest BCUT2D eigenvalue weighted by molar-refractivity contribution is 0.0584. The lowest BCUT2D eigenvalue weighted by atomic mass is 10.2. The first-order chi connectivity index (χ1) is 9.96. The minimum atomic E-state index is -0.518. The van der Waals surface area contributed by atoms with Gasteiger partial charge < -0.3 is 4.74 Å². The van der Waals surface area contributed by atoms with E-state index in [9.17, 15) is 4.79 Å². The van der Waals surface area contributed by atoms with E-state index in [-0.39, 0.29) is 6.09 Å². The van der Waals surface area contributed by atoms with E-state index in [4.69, 9.17) is 4.74 Å². The number of carbonyl (C=O) groups excluding carboxylic acids is 1. The van der Waals surface area contributed by atoms with E-state index in [1.165, 1.54) is 0 Å². The minimum Gasteiger partial charge on any atom is -0.443 e. The maximum absolute atomic E-state index is 12.3. The topological polar surface area (TPSA) is 60.2 Å². The fraction of sp³-hybridized carbons (Fsp3) is 0.400. The molecule has 6 heteroatoms. The van der Waals surface area contributed by atoms with E-state index in [1.54, 1.807) is 17.3 Å². The van der Waals surface area contributed by atoms with E-state index in [0.29, 0.717) is 13.1 Å². The molecule has 0 saturated heterocycles. The van der Waals surface area contributed by atoms with Gasteiger partial charge in [0.05, 0.1) is 30.5 Å². The first kappa shape index (κ1) is 13.6. The van der Waals surface area contributed by atoms with Crippen LogP contribution in [0.25, 0.3) is 11.3 Å². The Balaban J connectivity index is 1.95. The summed E-state index contributed by atoms with van der Waals surface area (Å²) in [6, 6.07) is 5.68. The zero-order valence-electron chi connectivity index (χ0n) is 12.4. The van der Waals surface area contributed by atoms with Crippen LogP contribution in [0.2, 0.25) is 0 Å². The molecule has 0 N–H and O–H groups in total. The van der Waals surface area contributed by atoms with Crippen molar-refractivity contribution in [1.82, 2.24) is 14.8 Å². The Morgan fingerprint density at radius 1 is 1.29 bits per heavy atom. The summed E-state index contributed by atoms with van der Waals surface area (Å²) in [5, 5.41) is 4.33. The van der Waals surface area contributed by atoms with Crippen LogP contribution < -0.4 is 4.90 Å². The highest BCUT2D eigenvalue weighted by Crippen LogP contribution is 2.33. The fourth-order valence-corrected chi connectivity index (χ4v) is 2.33. The van der Waals surface area contributed by atoms with Crippen LogP contribution in [0.5, 0.6) is 0 Å². The van der Waals surface area contributed by atoms with Crippen molar-refractivity contribution in [1.29, 1.82) is 0 Å². The number of rotatable bonds is 1. The molecule has 0 aromatic carbocycles. The minimum absolute atomic E-state index is 0.348. The van der Waals surface area contributed by atoms with E-state index < -0.39 is 5.60 Å². The molecule has 3 heterocycles. The Bertz CT molecular complexity index is 658. The highest BCUT2D eigenvalue weighted by molar-refractivity contribution is 5.92. The van der Waals surface area contributed by atoms with Gasteiger partial charge in [-0.25, -0.2) is 9.48 Å². The van der Waals surface area contributed by atoms with Gasteiger partial charge in [-0.2, -0.15) is 5.10 Å². The Hall–Kier alpha value is -2.37. The Kier molecular flexibility index (Phi) is 3.16. The number of nitrogens with zero attached hydrogens (tertiary/aromatic N) is 4. The Morgan fingerprint density at radius 3 is 2.76 bits per heavy atom. The summed E-state index contributed by atoms with van der Waals surface area (Å²) >= 11 is 0. The van der Waals surface area contributed by atoms with Gasteiger partial charge in [-0.3, -0.25) is 9.88 Å². The first-order valence-corrected chi connectivity index (χ1v) is 6.93. The summed E-state index contributed by atoms with van der Waals surface area (Å²) in [5.41, 5.74) is 1.13. The van der Waals surface area contributed by atoms with Crippen molar-refractivity contribution in [3.05, 3.63) is 30.6 Å². The lowest BCUT2D eigenvalue weighted by Crippen LogP contribution is -2.35. The average molecular weight is 286 g/mol. The lowest BCUT2D eigenvalue weighted by Gasteiger charge is -2.24. The maximum Gasteiger partial charge on any atom is 0.416 e. The van der Waals surface area contributed by atoms with Gasteiger partial charge in [0.1, 0.15) is 11.4 Å². The number of carbonyl (C=O) groups is 1. The van der Waals surface area contributed by atoms with Crippen molar-refractivity contribution >= 4 is 11.9 Å². The quantitative estimate of drug-likeness (QED) is 0.808. The molecule has 2 aromatic heterocycles. The van der Waals surface area contributed by atoms with Crippen molar-refractivity contribution in [3.63, 3.8) is 0 Å². The highest BCUT2D eigenvalue weighted by Gasteiger charge is 2.32. The van der Waals surface area contributed by atoms with Crippen LogP contribution in [0, 0.1) is 0 Å². The summed E-state index contributed by atoms with van der Waals surface area (Å²) in [6.07, 6.45) is 3.12. The van der Waals surface area contributed by atoms with Crippen molar-refractivity contribution in [2.24, 2.45) is 0 Å².